The van der Waals surface area contributed by atoms with Gasteiger partial charge in [-0.25, -0.2) is 9.97 Å². The minimum absolute atomic E-state index is 0.0413. The van der Waals surface area contributed by atoms with Gasteiger partial charge < -0.3 is 20.4 Å². The van der Waals surface area contributed by atoms with E-state index >= 15 is 0 Å². The lowest BCUT2D eigenvalue weighted by molar-refractivity contribution is 0.246. The Balaban J connectivity index is 1.94. The number of aryl methyl sites for hydroxylation is 1. The molecule has 6 heteroatoms. The van der Waals surface area contributed by atoms with Gasteiger partial charge in [0.25, 0.3) is 0 Å². The van der Waals surface area contributed by atoms with Gasteiger partial charge in [-0.05, 0) is 36.8 Å². The number of piperazine rings is 1. The predicted octanol–water partition coefficient (Wildman–Crippen LogP) is 2.08. The summed E-state index contributed by atoms with van der Waals surface area (Å²) in [6.45, 7) is 4.38. The van der Waals surface area contributed by atoms with E-state index in [2.05, 4.69) is 10.2 Å². The molecule has 4 rings (SSSR count). The van der Waals surface area contributed by atoms with Crippen molar-refractivity contribution in [2.24, 2.45) is 0 Å². The summed E-state index contributed by atoms with van der Waals surface area (Å²) in [5, 5.41) is 24.3. The van der Waals surface area contributed by atoms with Gasteiger partial charge in [0.1, 0.15) is 11.6 Å². The van der Waals surface area contributed by atoms with Crippen molar-refractivity contribution in [1.82, 2.24) is 15.3 Å². The molecule has 1 unspecified atom stereocenters. The first-order valence-corrected chi connectivity index (χ1v) is 8.82. The summed E-state index contributed by atoms with van der Waals surface area (Å²) in [6, 6.07) is 13.2. The Kier molecular flexibility index (Phi) is 4.44. The second-order valence-electron chi connectivity index (χ2n) is 6.64. The quantitative estimate of drug-likeness (QED) is 0.671. The summed E-state index contributed by atoms with van der Waals surface area (Å²) < 4.78 is 0. The molecule has 1 atom stereocenters. The zero-order valence-corrected chi connectivity index (χ0v) is 14.7. The molecule has 1 aliphatic heterocycles. The summed E-state index contributed by atoms with van der Waals surface area (Å²) >= 11 is 0. The number of nitrogens with zero attached hydrogens (tertiary/aromatic N) is 3. The molecule has 0 aliphatic carbocycles. The number of aromatic hydroxyl groups is 1. The van der Waals surface area contributed by atoms with Crippen LogP contribution in [0.2, 0.25) is 0 Å². The number of aromatic nitrogens is 2. The number of fused-ring (bicyclic) bond motifs is 1. The van der Waals surface area contributed by atoms with E-state index in [1.165, 1.54) is 0 Å². The van der Waals surface area contributed by atoms with Crippen molar-refractivity contribution in [1.29, 1.82) is 0 Å². The Morgan fingerprint density at radius 2 is 2.04 bits per heavy atom. The van der Waals surface area contributed by atoms with Crippen molar-refractivity contribution in [3.63, 3.8) is 0 Å². The lowest BCUT2D eigenvalue weighted by Gasteiger charge is -2.36. The number of aliphatic hydroxyl groups is 1. The van der Waals surface area contributed by atoms with E-state index in [0.717, 1.165) is 35.4 Å². The maximum Gasteiger partial charge on any atom is 0.165 e. The van der Waals surface area contributed by atoms with Gasteiger partial charge in [-0.15, -0.1) is 0 Å². The van der Waals surface area contributed by atoms with Gasteiger partial charge in [0.2, 0.25) is 0 Å². The van der Waals surface area contributed by atoms with Crippen LogP contribution in [0.1, 0.15) is 5.56 Å². The lowest BCUT2D eigenvalue weighted by atomic mass is 10.1. The molecule has 6 nitrogen and oxygen atoms in total. The van der Waals surface area contributed by atoms with Crippen LogP contribution in [0.5, 0.6) is 5.75 Å². The van der Waals surface area contributed by atoms with Crippen molar-refractivity contribution in [3.05, 3.63) is 48.0 Å². The SMILES string of the molecule is Cc1ccc2c(N3CCNCC3CO)nc(-c3ccccc3O)nc2c1. The smallest absolute Gasteiger partial charge is 0.165 e. The molecule has 134 valence electrons. The average Bonchev–Trinajstić information content (AvgIpc) is 2.67. The summed E-state index contributed by atoms with van der Waals surface area (Å²) in [7, 11) is 0. The number of aliphatic hydroxyl groups excluding tert-OH is 1. The highest BCUT2D eigenvalue weighted by Crippen LogP contribution is 2.32. The molecule has 0 amide bonds. The number of rotatable bonds is 3. The van der Waals surface area contributed by atoms with Crippen LogP contribution in [0.15, 0.2) is 42.5 Å². The van der Waals surface area contributed by atoms with Crippen molar-refractivity contribution in [2.75, 3.05) is 31.1 Å². The van der Waals surface area contributed by atoms with Crippen LogP contribution in [-0.2, 0) is 0 Å². The molecule has 1 aromatic heterocycles. The second-order valence-corrected chi connectivity index (χ2v) is 6.64. The third-order valence-electron chi connectivity index (χ3n) is 4.81. The fourth-order valence-corrected chi connectivity index (χ4v) is 3.43. The van der Waals surface area contributed by atoms with Crippen molar-refractivity contribution >= 4 is 16.7 Å². The molecule has 2 aromatic carbocycles. The zero-order valence-electron chi connectivity index (χ0n) is 14.7. The molecule has 1 aliphatic rings. The number of para-hydroxylation sites is 1. The summed E-state index contributed by atoms with van der Waals surface area (Å²) in [5.74, 6) is 1.45. The first kappa shape index (κ1) is 16.8. The van der Waals surface area contributed by atoms with Gasteiger partial charge in [0.15, 0.2) is 5.82 Å². The molecule has 1 fully saturated rings. The third-order valence-corrected chi connectivity index (χ3v) is 4.81. The second kappa shape index (κ2) is 6.90. The molecule has 0 spiro atoms. The summed E-state index contributed by atoms with van der Waals surface area (Å²) in [5.41, 5.74) is 2.56. The van der Waals surface area contributed by atoms with Gasteiger partial charge in [0, 0.05) is 25.0 Å². The molecule has 0 saturated carbocycles. The highest BCUT2D eigenvalue weighted by Gasteiger charge is 2.25. The minimum atomic E-state index is -0.0413. The monoisotopic (exact) mass is 350 g/mol. The Bertz CT molecular complexity index is 944. The summed E-state index contributed by atoms with van der Waals surface area (Å²) in [6.07, 6.45) is 0. The van der Waals surface area contributed by atoms with Crippen LogP contribution in [0.4, 0.5) is 5.82 Å². The van der Waals surface area contributed by atoms with E-state index in [1.54, 1.807) is 12.1 Å². The molecule has 26 heavy (non-hydrogen) atoms. The van der Waals surface area contributed by atoms with Gasteiger partial charge in [-0.3, -0.25) is 0 Å². The first-order valence-electron chi connectivity index (χ1n) is 8.82. The van der Waals surface area contributed by atoms with E-state index in [0.29, 0.717) is 17.9 Å². The van der Waals surface area contributed by atoms with Crippen LogP contribution < -0.4 is 10.2 Å². The van der Waals surface area contributed by atoms with Crippen LogP contribution in [-0.4, -0.2) is 52.5 Å². The van der Waals surface area contributed by atoms with Crippen LogP contribution in [0, 0.1) is 6.92 Å². The first-order chi connectivity index (χ1) is 12.7. The maximum absolute atomic E-state index is 10.2. The van der Waals surface area contributed by atoms with Crippen molar-refractivity contribution in [3.8, 4) is 17.1 Å². The molecule has 0 bridgehead atoms. The van der Waals surface area contributed by atoms with Crippen molar-refractivity contribution in [2.45, 2.75) is 13.0 Å². The number of benzene rings is 2. The third kappa shape index (κ3) is 2.98. The maximum atomic E-state index is 10.2. The number of anilines is 1. The molecule has 1 saturated heterocycles. The minimum Gasteiger partial charge on any atom is -0.507 e. The van der Waals surface area contributed by atoms with E-state index in [1.807, 2.05) is 37.3 Å². The van der Waals surface area contributed by atoms with E-state index < -0.39 is 0 Å². The summed E-state index contributed by atoms with van der Waals surface area (Å²) in [4.78, 5) is 11.6. The Labute approximate surface area is 152 Å². The molecule has 2 heterocycles. The van der Waals surface area contributed by atoms with E-state index in [-0.39, 0.29) is 18.4 Å². The highest BCUT2D eigenvalue weighted by molar-refractivity contribution is 5.92. The normalized spacial score (nSPS) is 17.6. The van der Waals surface area contributed by atoms with Gasteiger partial charge in [-0.1, -0.05) is 18.2 Å². The lowest BCUT2D eigenvalue weighted by Crippen LogP contribution is -2.53. The Morgan fingerprint density at radius 3 is 2.85 bits per heavy atom. The zero-order chi connectivity index (χ0) is 18.1. The highest BCUT2D eigenvalue weighted by atomic mass is 16.3. The molecule has 0 radical (unpaired) electrons. The van der Waals surface area contributed by atoms with Gasteiger partial charge in [0.05, 0.1) is 23.7 Å². The number of phenols is 1. The number of nitrogens with one attached hydrogen (secondary N) is 1. The molecule has 3 N–H and O–H groups in total. The van der Waals surface area contributed by atoms with Gasteiger partial charge in [-0.2, -0.15) is 0 Å². The number of hydrogen-bond acceptors (Lipinski definition) is 6. The van der Waals surface area contributed by atoms with E-state index in [9.17, 15) is 10.2 Å². The number of hydrogen-bond donors (Lipinski definition) is 3. The molecule has 3 aromatic rings. The topological polar surface area (TPSA) is 81.5 Å². The van der Waals surface area contributed by atoms with Gasteiger partial charge >= 0.3 is 0 Å². The fourth-order valence-electron chi connectivity index (χ4n) is 3.43. The molecular formula is C20H22N4O2. The van der Waals surface area contributed by atoms with Crippen LogP contribution >= 0.6 is 0 Å². The average molecular weight is 350 g/mol. The molecular weight excluding hydrogens is 328 g/mol. The standard InChI is InChI=1S/C20H22N4O2/c1-13-6-7-15-17(10-13)22-19(16-4-2-3-5-18(16)26)23-20(15)24-9-8-21-11-14(24)12-25/h2-7,10,14,21,25-26H,8-9,11-12H2,1H3. The van der Waals surface area contributed by atoms with E-state index in [4.69, 9.17) is 9.97 Å². The predicted molar refractivity (Wildman–Crippen MR) is 102 cm³/mol. The fraction of sp³-hybridized carbons (Fsp3) is 0.300. The van der Waals surface area contributed by atoms with Crippen LogP contribution in [0.25, 0.3) is 22.3 Å². The van der Waals surface area contributed by atoms with Crippen molar-refractivity contribution < 1.29 is 10.2 Å². The number of phenolic OH excluding ortho intramolecular Hbond substituents is 1. The largest absolute Gasteiger partial charge is 0.507 e. The Hall–Kier alpha value is -2.70. The Morgan fingerprint density at radius 1 is 1.19 bits per heavy atom. The van der Waals surface area contributed by atoms with Crippen LogP contribution in [0.3, 0.4) is 0 Å².